The van der Waals surface area contributed by atoms with Gasteiger partial charge in [0.25, 0.3) is 5.69 Å². The van der Waals surface area contributed by atoms with E-state index in [1.54, 1.807) is 12.1 Å². The lowest BCUT2D eigenvalue weighted by molar-refractivity contribution is -0.384. The molecule has 0 saturated carbocycles. The predicted molar refractivity (Wildman–Crippen MR) is 102 cm³/mol. The first-order chi connectivity index (χ1) is 13.1. The number of non-ortho nitro benzene ring substituents is 1. The molecule has 7 nitrogen and oxygen atoms in total. The zero-order chi connectivity index (χ0) is 18.8. The Kier molecular flexibility index (Phi) is 4.55. The summed E-state index contributed by atoms with van der Waals surface area (Å²) < 4.78 is 5.28. The summed E-state index contributed by atoms with van der Waals surface area (Å²) in [6.07, 6.45) is 0. The molecule has 134 valence electrons. The number of para-hydroxylation sites is 1. The summed E-state index contributed by atoms with van der Waals surface area (Å²) in [4.78, 5) is 19.4. The molecular formula is C19H14N4O3S. The van der Waals surface area contributed by atoms with Gasteiger partial charge in [0, 0.05) is 23.1 Å². The van der Waals surface area contributed by atoms with Crippen molar-refractivity contribution in [1.29, 1.82) is 0 Å². The average Bonchev–Trinajstić information content (AvgIpc) is 3.16. The number of benzene rings is 2. The van der Waals surface area contributed by atoms with E-state index in [4.69, 9.17) is 4.52 Å². The molecule has 0 atom stereocenters. The van der Waals surface area contributed by atoms with E-state index < -0.39 is 4.92 Å². The molecule has 0 radical (unpaired) electrons. The topological polar surface area (TPSA) is 95.0 Å². The lowest BCUT2D eigenvalue weighted by Gasteiger charge is -2.04. The summed E-state index contributed by atoms with van der Waals surface area (Å²) in [5.74, 6) is 1.23. The second-order valence-electron chi connectivity index (χ2n) is 5.90. The molecule has 0 spiro atoms. The Morgan fingerprint density at radius 3 is 2.81 bits per heavy atom. The van der Waals surface area contributed by atoms with Crippen LogP contribution in [0.2, 0.25) is 0 Å². The highest BCUT2D eigenvalue weighted by Crippen LogP contribution is 2.27. The van der Waals surface area contributed by atoms with Crippen molar-refractivity contribution < 1.29 is 9.45 Å². The summed E-state index contributed by atoms with van der Waals surface area (Å²) in [5, 5.41) is 16.8. The standard InChI is InChI=1S/C19H14N4O3S/c1-12-9-18(20-16-8-3-2-7-15(12)16)27-11-17-21-19(22-26-17)13-5-4-6-14(10-13)23(24)25/h2-10H,11H2,1H3. The Hall–Kier alpha value is -3.26. The van der Waals surface area contributed by atoms with Gasteiger partial charge in [0.05, 0.1) is 21.2 Å². The number of aromatic nitrogens is 3. The molecule has 0 unspecified atom stereocenters. The van der Waals surface area contributed by atoms with Crippen LogP contribution in [0.25, 0.3) is 22.3 Å². The molecule has 8 heteroatoms. The van der Waals surface area contributed by atoms with Gasteiger partial charge >= 0.3 is 0 Å². The van der Waals surface area contributed by atoms with Gasteiger partial charge in [0.2, 0.25) is 11.7 Å². The lowest BCUT2D eigenvalue weighted by atomic mass is 10.1. The van der Waals surface area contributed by atoms with Gasteiger partial charge in [0.15, 0.2) is 0 Å². The Morgan fingerprint density at radius 1 is 1.11 bits per heavy atom. The predicted octanol–water partition coefficient (Wildman–Crippen LogP) is 4.79. The minimum absolute atomic E-state index is 0.0101. The molecule has 2 aromatic carbocycles. The number of rotatable bonds is 5. The maximum Gasteiger partial charge on any atom is 0.270 e. The van der Waals surface area contributed by atoms with Crippen molar-refractivity contribution in [3.63, 3.8) is 0 Å². The van der Waals surface area contributed by atoms with E-state index in [1.807, 2.05) is 24.3 Å². The van der Waals surface area contributed by atoms with E-state index in [-0.39, 0.29) is 5.69 Å². The van der Waals surface area contributed by atoms with E-state index >= 15 is 0 Å². The number of hydrogen-bond donors (Lipinski definition) is 0. The fraction of sp³-hybridized carbons (Fsp3) is 0.105. The van der Waals surface area contributed by atoms with Crippen LogP contribution in [-0.2, 0) is 5.75 Å². The summed E-state index contributed by atoms with van der Waals surface area (Å²) >= 11 is 1.50. The Labute approximate surface area is 158 Å². The van der Waals surface area contributed by atoms with Gasteiger partial charge in [0.1, 0.15) is 0 Å². The molecule has 0 bridgehead atoms. The summed E-state index contributed by atoms with van der Waals surface area (Å²) in [6.45, 7) is 2.06. The van der Waals surface area contributed by atoms with Gasteiger partial charge in [-0.1, -0.05) is 47.3 Å². The maximum atomic E-state index is 10.9. The Morgan fingerprint density at radius 2 is 1.96 bits per heavy atom. The number of nitro groups is 1. The van der Waals surface area contributed by atoms with E-state index in [0.29, 0.717) is 23.0 Å². The third-order valence-corrected chi connectivity index (χ3v) is 4.92. The molecule has 2 heterocycles. The monoisotopic (exact) mass is 378 g/mol. The van der Waals surface area contributed by atoms with Gasteiger partial charge in [-0.2, -0.15) is 4.98 Å². The molecule has 0 aliphatic heterocycles. The number of nitrogens with zero attached hydrogens (tertiary/aromatic N) is 4. The quantitative estimate of drug-likeness (QED) is 0.280. The van der Waals surface area contributed by atoms with Crippen molar-refractivity contribution in [1.82, 2.24) is 15.1 Å². The van der Waals surface area contributed by atoms with Crippen molar-refractivity contribution in [3.8, 4) is 11.4 Å². The smallest absolute Gasteiger partial charge is 0.270 e. The minimum atomic E-state index is -0.450. The third kappa shape index (κ3) is 3.65. The van der Waals surface area contributed by atoms with Gasteiger partial charge in [-0.25, -0.2) is 4.98 Å². The van der Waals surface area contributed by atoms with Crippen LogP contribution in [0.5, 0.6) is 0 Å². The van der Waals surface area contributed by atoms with Crippen molar-refractivity contribution in [2.24, 2.45) is 0 Å². The summed E-state index contributed by atoms with van der Waals surface area (Å²) in [6, 6.07) is 16.2. The van der Waals surface area contributed by atoms with Gasteiger partial charge < -0.3 is 4.52 Å². The molecule has 0 saturated heterocycles. The number of hydrogen-bond acceptors (Lipinski definition) is 7. The number of pyridine rings is 1. The van der Waals surface area contributed by atoms with Crippen LogP contribution in [0.3, 0.4) is 0 Å². The van der Waals surface area contributed by atoms with Crippen molar-refractivity contribution in [2.75, 3.05) is 0 Å². The van der Waals surface area contributed by atoms with E-state index in [1.165, 1.54) is 23.9 Å². The van der Waals surface area contributed by atoms with Crippen LogP contribution in [0, 0.1) is 17.0 Å². The number of aryl methyl sites for hydroxylation is 1. The average molecular weight is 378 g/mol. The molecule has 0 fully saturated rings. The third-order valence-electron chi connectivity index (χ3n) is 4.03. The molecule has 2 aromatic heterocycles. The lowest BCUT2D eigenvalue weighted by Crippen LogP contribution is -1.89. The highest BCUT2D eigenvalue weighted by atomic mass is 32.2. The maximum absolute atomic E-state index is 10.9. The van der Waals surface area contributed by atoms with Crippen LogP contribution < -0.4 is 0 Å². The second kappa shape index (κ2) is 7.16. The number of fused-ring (bicyclic) bond motifs is 1. The molecule has 0 N–H and O–H groups in total. The summed E-state index contributed by atoms with van der Waals surface area (Å²) in [5.41, 5.74) is 2.64. The zero-order valence-electron chi connectivity index (χ0n) is 14.3. The van der Waals surface area contributed by atoms with Gasteiger partial charge in [-0.15, -0.1) is 0 Å². The van der Waals surface area contributed by atoms with Crippen LogP contribution >= 0.6 is 11.8 Å². The second-order valence-corrected chi connectivity index (χ2v) is 6.90. The molecule has 4 aromatic rings. The number of thioether (sulfide) groups is 1. The molecule has 27 heavy (non-hydrogen) atoms. The van der Waals surface area contributed by atoms with Crippen LogP contribution in [0.4, 0.5) is 5.69 Å². The highest BCUT2D eigenvalue weighted by Gasteiger charge is 2.13. The Balaban J connectivity index is 1.52. The van der Waals surface area contributed by atoms with Gasteiger partial charge in [-0.05, 0) is 24.6 Å². The van der Waals surface area contributed by atoms with E-state index in [2.05, 4.69) is 28.1 Å². The van der Waals surface area contributed by atoms with E-state index in [0.717, 1.165) is 21.5 Å². The highest BCUT2D eigenvalue weighted by molar-refractivity contribution is 7.98. The first-order valence-corrected chi connectivity index (χ1v) is 9.15. The summed E-state index contributed by atoms with van der Waals surface area (Å²) in [7, 11) is 0. The molecule has 4 rings (SSSR count). The minimum Gasteiger partial charge on any atom is -0.338 e. The van der Waals surface area contributed by atoms with Crippen molar-refractivity contribution in [3.05, 3.63) is 76.2 Å². The fourth-order valence-corrected chi connectivity index (χ4v) is 3.53. The molecular weight excluding hydrogens is 364 g/mol. The van der Waals surface area contributed by atoms with Crippen molar-refractivity contribution in [2.45, 2.75) is 17.7 Å². The molecule has 0 aliphatic carbocycles. The van der Waals surface area contributed by atoms with Crippen LogP contribution in [-0.4, -0.2) is 20.0 Å². The SMILES string of the molecule is Cc1cc(SCc2nc(-c3cccc([N+](=O)[O-])c3)no2)nc2ccccc12. The van der Waals surface area contributed by atoms with Crippen LogP contribution in [0.1, 0.15) is 11.5 Å². The fourth-order valence-electron chi connectivity index (χ4n) is 2.72. The molecule has 0 amide bonds. The van der Waals surface area contributed by atoms with E-state index in [9.17, 15) is 10.1 Å². The largest absolute Gasteiger partial charge is 0.338 e. The number of nitro benzene ring substituents is 1. The van der Waals surface area contributed by atoms with Crippen molar-refractivity contribution >= 4 is 28.4 Å². The first kappa shape index (κ1) is 17.2. The first-order valence-electron chi connectivity index (χ1n) is 8.17. The Bertz CT molecular complexity index is 1140. The normalized spacial score (nSPS) is 11.0. The zero-order valence-corrected chi connectivity index (χ0v) is 15.1. The van der Waals surface area contributed by atoms with Gasteiger partial charge in [-0.3, -0.25) is 10.1 Å². The molecule has 0 aliphatic rings. The van der Waals surface area contributed by atoms with Crippen LogP contribution in [0.15, 0.2) is 64.1 Å².